The molecule has 0 bridgehead atoms. The maximum absolute atomic E-state index is 3.66. The van der Waals surface area contributed by atoms with Gasteiger partial charge in [0.15, 0.2) is 0 Å². The van der Waals surface area contributed by atoms with Crippen molar-refractivity contribution in [1.82, 2.24) is 0 Å². The molecule has 10 heavy (non-hydrogen) atoms. The fraction of sp³-hybridized carbons (Fsp3) is 0.400. The van der Waals surface area contributed by atoms with Gasteiger partial charge in [0.2, 0.25) is 0 Å². The van der Waals surface area contributed by atoms with Crippen molar-refractivity contribution in [3.8, 4) is 0 Å². The Morgan fingerprint density at radius 2 is 2.00 bits per heavy atom. The van der Waals surface area contributed by atoms with Crippen molar-refractivity contribution in [2.75, 3.05) is 0 Å². The van der Waals surface area contributed by atoms with E-state index in [-0.39, 0.29) is 0 Å². The SMILES string of the molecule is C=CC(C)=C/C=C\C(C)C. The summed E-state index contributed by atoms with van der Waals surface area (Å²) in [5.74, 6) is 0.633. The molecule has 0 aromatic rings. The van der Waals surface area contributed by atoms with Crippen molar-refractivity contribution in [3.63, 3.8) is 0 Å². The minimum atomic E-state index is 0.633. The predicted molar refractivity (Wildman–Crippen MR) is 47.9 cm³/mol. The molecule has 0 aliphatic rings. The fourth-order valence-corrected chi connectivity index (χ4v) is 0.498. The minimum absolute atomic E-state index is 0.633. The van der Waals surface area contributed by atoms with Crippen molar-refractivity contribution in [1.29, 1.82) is 0 Å². The van der Waals surface area contributed by atoms with Crippen LogP contribution in [0.15, 0.2) is 36.5 Å². The van der Waals surface area contributed by atoms with Gasteiger partial charge in [0.05, 0.1) is 0 Å². The summed E-state index contributed by atoms with van der Waals surface area (Å²) < 4.78 is 0. The molecule has 0 unspecified atom stereocenters. The quantitative estimate of drug-likeness (QED) is 0.522. The molecule has 56 valence electrons. The van der Waals surface area contributed by atoms with E-state index in [1.165, 1.54) is 5.57 Å². The molecule has 0 amide bonds. The number of hydrogen-bond acceptors (Lipinski definition) is 0. The zero-order valence-electron chi connectivity index (χ0n) is 7.09. The van der Waals surface area contributed by atoms with E-state index in [0.29, 0.717) is 5.92 Å². The van der Waals surface area contributed by atoms with Gasteiger partial charge in [0, 0.05) is 0 Å². The maximum Gasteiger partial charge on any atom is -0.0287 e. The highest BCUT2D eigenvalue weighted by Crippen LogP contribution is 1.97. The van der Waals surface area contributed by atoms with Crippen LogP contribution in [0, 0.1) is 5.92 Å². The van der Waals surface area contributed by atoms with Crippen LogP contribution >= 0.6 is 0 Å². The van der Waals surface area contributed by atoms with Gasteiger partial charge in [-0.15, -0.1) is 0 Å². The summed E-state index contributed by atoms with van der Waals surface area (Å²) in [6.07, 6.45) is 8.15. The first-order valence-electron chi connectivity index (χ1n) is 3.64. The highest BCUT2D eigenvalue weighted by atomic mass is 13.9. The molecule has 0 aromatic heterocycles. The molecule has 0 aromatic carbocycles. The number of allylic oxidation sites excluding steroid dienone is 5. The van der Waals surface area contributed by atoms with Gasteiger partial charge in [-0.25, -0.2) is 0 Å². The molecule has 0 saturated carbocycles. The van der Waals surface area contributed by atoms with Crippen LogP contribution in [0.5, 0.6) is 0 Å². The Bertz CT molecular complexity index is 147. The third-order valence-corrected chi connectivity index (χ3v) is 1.18. The summed E-state index contributed by atoms with van der Waals surface area (Å²) in [4.78, 5) is 0. The van der Waals surface area contributed by atoms with Crippen molar-refractivity contribution in [3.05, 3.63) is 36.5 Å². The lowest BCUT2D eigenvalue weighted by Gasteiger charge is -1.90. The molecule has 0 heterocycles. The third-order valence-electron chi connectivity index (χ3n) is 1.18. The van der Waals surface area contributed by atoms with Crippen LogP contribution in [0.1, 0.15) is 20.8 Å². The smallest absolute Gasteiger partial charge is 0.0287 e. The van der Waals surface area contributed by atoms with Crippen LogP contribution in [0.4, 0.5) is 0 Å². The largest absolute Gasteiger partial charge is 0.0988 e. The fourth-order valence-electron chi connectivity index (χ4n) is 0.498. The van der Waals surface area contributed by atoms with Crippen molar-refractivity contribution >= 4 is 0 Å². The average Bonchev–Trinajstić information content (AvgIpc) is 1.87. The van der Waals surface area contributed by atoms with Crippen molar-refractivity contribution in [2.45, 2.75) is 20.8 Å². The molecule has 0 N–H and O–H groups in total. The molecule has 0 spiro atoms. The zero-order chi connectivity index (χ0) is 7.98. The van der Waals surface area contributed by atoms with Gasteiger partial charge < -0.3 is 0 Å². The third kappa shape index (κ3) is 5.36. The lowest BCUT2D eigenvalue weighted by atomic mass is 10.2. The Morgan fingerprint density at radius 1 is 1.40 bits per heavy atom. The monoisotopic (exact) mass is 136 g/mol. The van der Waals surface area contributed by atoms with E-state index in [1.54, 1.807) is 0 Å². The Morgan fingerprint density at radius 3 is 2.40 bits per heavy atom. The van der Waals surface area contributed by atoms with Crippen LogP contribution < -0.4 is 0 Å². The van der Waals surface area contributed by atoms with Gasteiger partial charge in [-0.3, -0.25) is 0 Å². The molecule has 0 atom stereocenters. The Kier molecular flexibility index (Phi) is 4.65. The Labute approximate surface area is 64.0 Å². The molecule has 0 radical (unpaired) electrons. The maximum atomic E-state index is 3.66. The van der Waals surface area contributed by atoms with E-state index < -0.39 is 0 Å². The van der Waals surface area contributed by atoms with Crippen LogP contribution in [0.25, 0.3) is 0 Å². The Hall–Kier alpha value is -0.780. The Balaban J connectivity index is 3.81. The average molecular weight is 136 g/mol. The van der Waals surface area contributed by atoms with Gasteiger partial charge in [-0.1, -0.05) is 50.3 Å². The second-order valence-corrected chi connectivity index (χ2v) is 2.74. The molecule has 0 aliphatic heterocycles. The van der Waals surface area contributed by atoms with Gasteiger partial charge in [0.25, 0.3) is 0 Å². The van der Waals surface area contributed by atoms with Gasteiger partial charge in [-0.2, -0.15) is 0 Å². The molecule has 0 aliphatic carbocycles. The molecule has 0 heteroatoms. The first-order valence-corrected chi connectivity index (χ1v) is 3.64. The summed E-state index contributed by atoms with van der Waals surface area (Å²) in [6, 6.07) is 0. The summed E-state index contributed by atoms with van der Waals surface area (Å²) >= 11 is 0. The predicted octanol–water partition coefficient (Wildman–Crippen LogP) is 3.33. The second-order valence-electron chi connectivity index (χ2n) is 2.74. The first-order chi connectivity index (χ1) is 4.66. The van der Waals surface area contributed by atoms with E-state index in [4.69, 9.17) is 0 Å². The molecular formula is C10H16. The van der Waals surface area contributed by atoms with Gasteiger partial charge in [0.1, 0.15) is 0 Å². The van der Waals surface area contributed by atoms with Crippen LogP contribution in [-0.2, 0) is 0 Å². The standard InChI is InChI=1S/C10H16/c1-5-10(4)8-6-7-9(2)3/h5-9H,1H2,2-4H3/b7-6-,10-8?. The summed E-state index contributed by atoms with van der Waals surface area (Å²) in [5, 5.41) is 0. The van der Waals surface area contributed by atoms with Crippen LogP contribution in [0.2, 0.25) is 0 Å². The lowest BCUT2D eigenvalue weighted by Crippen LogP contribution is -1.75. The van der Waals surface area contributed by atoms with E-state index >= 15 is 0 Å². The summed E-state index contributed by atoms with van der Waals surface area (Å²) in [6.45, 7) is 10.0. The van der Waals surface area contributed by atoms with Crippen molar-refractivity contribution < 1.29 is 0 Å². The van der Waals surface area contributed by atoms with Gasteiger partial charge >= 0.3 is 0 Å². The van der Waals surface area contributed by atoms with E-state index in [0.717, 1.165) is 0 Å². The van der Waals surface area contributed by atoms with Gasteiger partial charge in [-0.05, 0) is 12.8 Å². The van der Waals surface area contributed by atoms with Crippen LogP contribution in [-0.4, -0.2) is 0 Å². The summed E-state index contributed by atoms with van der Waals surface area (Å²) in [5.41, 5.74) is 1.21. The molecular weight excluding hydrogens is 120 g/mol. The van der Waals surface area contributed by atoms with Crippen molar-refractivity contribution in [2.24, 2.45) is 5.92 Å². The zero-order valence-corrected chi connectivity index (χ0v) is 7.09. The van der Waals surface area contributed by atoms with Crippen LogP contribution in [0.3, 0.4) is 0 Å². The molecule has 0 saturated heterocycles. The van der Waals surface area contributed by atoms with E-state index in [9.17, 15) is 0 Å². The number of hydrogen-bond donors (Lipinski definition) is 0. The van der Waals surface area contributed by atoms with E-state index in [2.05, 4.69) is 38.7 Å². The highest BCUT2D eigenvalue weighted by Gasteiger charge is 1.80. The second kappa shape index (κ2) is 5.04. The molecule has 0 nitrogen and oxygen atoms in total. The molecule has 0 fully saturated rings. The van der Waals surface area contributed by atoms with E-state index in [1.807, 2.05) is 13.0 Å². The minimum Gasteiger partial charge on any atom is -0.0988 e. The number of rotatable bonds is 3. The highest BCUT2D eigenvalue weighted by molar-refractivity contribution is 5.19. The normalized spacial score (nSPS) is 13.0. The summed E-state index contributed by atoms with van der Waals surface area (Å²) in [7, 11) is 0. The molecule has 0 rings (SSSR count). The topological polar surface area (TPSA) is 0 Å². The first kappa shape index (κ1) is 9.22. The lowest BCUT2D eigenvalue weighted by molar-refractivity contribution is 0.832.